The lowest BCUT2D eigenvalue weighted by Gasteiger charge is -1.75. The normalized spacial score (nSPS) is 9.43. The summed E-state index contributed by atoms with van der Waals surface area (Å²) in [6.45, 7) is 2.07. The Morgan fingerprint density at radius 2 is 2.57 bits per heavy atom. The number of halogens is 1. The largest absolute Gasteiger partial charge is 0.238 e. The minimum absolute atomic E-state index is 1.13. The van der Waals surface area contributed by atoms with E-state index in [0.717, 1.165) is 3.70 Å². The van der Waals surface area contributed by atoms with Crippen molar-refractivity contribution in [1.29, 1.82) is 0 Å². The molecule has 7 heavy (non-hydrogen) atoms. The molecule has 38 valence electrons. The average Bonchev–Trinajstić information content (AvgIpc) is 1.91. The van der Waals surface area contributed by atoms with Crippen LogP contribution in [0.3, 0.4) is 0 Å². The van der Waals surface area contributed by atoms with Gasteiger partial charge in [0.1, 0.15) is 3.70 Å². The van der Waals surface area contributed by atoms with Gasteiger partial charge in [-0.15, -0.1) is 11.3 Å². The van der Waals surface area contributed by atoms with Gasteiger partial charge < -0.3 is 0 Å². The Labute approximate surface area is 59.9 Å². The highest BCUT2D eigenvalue weighted by Crippen LogP contribution is 2.12. The second-order valence-electron chi connectivity index (χ2n) is 1.20. The molecule has 0 N–H and O–H groups in total. The zero-order valence-corrected chi connectivity index (χ0v) is 6.78. The summed E-state index contributed by atoms with van der Waals surface area (Å²) in [6.07, 6.45) is 0. The van der Waals surface area contributed by atoms with Crippen molar-refractivity contribution in [1.82, 2.24) is 4.98 Å². The SMILES string of the molecule is Cc1scnc1I. The van der Waals surface area contributed by atoms with Crippen LogP contribution in [-0.2, 0) is 0 Å². The molecule has 1 aromatic rings. The van der Waals surface area contributed by atoms with Crippen molar-refractivity contribution in [2.45, 2.75) is 6.92 Å². The van der Waals surface area contributed by atoms with E-state index in [1.807, 2.05) is 5.51 Å². The lowest BCUT2D eigenvalue weighted by molar-refractivity contribution is 1.32. The zero-order chi connectivity index (χ0) is 5.28. The van der Waals surface area contributed by atoms with E-state index >= 15 is 0 Å². The number of aromatic nitrogens is 1. The summed E-state index contributed by atoms with van der Waals surface area (Å²) >= 11 is 3.90. The summed E-state index contributed by atoms with van der Waals surface area (Å²) in [5.74, 6) is 0. The molecule has 0 saturated carbocycles. The van der Waals surface area contributed by atoms with Gasteiger partial charge in [0.2, 0.25) is 0 Å². The van der Waals surface area contributed by atoms with E-state index < -0.39 is 0 Å². The molecule has 0 amide bonds. The van der Waals surface area contributed by atoms with Gasteiger partial charge in [-0.25, -0.2) is 4.98 Å². The predicted octanol–water partition coefficient (Wildman–Crippen LogP) is 2.06. The molecule has 0 spiro atoms. The van der Waals surface area contributed by atoms with Crippen molar-refractivity contribution in [2.75, 3.05) is 0 Å². The topological polar surface area (TPSA) is 12.9 Å². The number of hydrogen-bond donors (Lipinski definition) is 0. The average molecular weight is 225 g/mol. The molecule has 0 aliphatic rings. The molecule has 0 atom stereocenters. The van der Waals surface area contributed by atoms with Crippen molar-refractivity contribution in [3.05, 3.63) is 14.1 Å². The number of aryl methyl sites for hydroxylation is 1. The van der Waals surface area contributed by atoms with E-state index in [2.05, 4.69) is 34.5 Å². The van der Waals surface area contributed by atoms with Crippen molar-refractivity contribution in [3.63, 3.8) is 0 Å². The quantitative estimate of drug-likeness (QED) is 0.616. The first kappa shape index (κ1) is 5.50. The molecule has 0 aromatic carbocycles. The van der Waals surface area contributed by atoms with Gasteiger partial charge in [0, 0.05) is 4.88 Å². The van der Waals surface area contributed by atoms with E-state index in [0.29, 0.717) is 0 Å². The maximum atomic E-state index is 4.02. The van der Waals surface area contributed by atoms with Crippen molar-refractivity contribution >= 4 is 33.9 Å². The Kier molecular flexibility index (Phi) is 1.64. The summed E-state index contributed by atoms with van der Waals surface area (Å²) in [5.41, 5.74) is 1.86. The molecular weight excluding hydrogens is 221 g/mol. The first-order valence-corrected chi connectivity index (χ1v) is 3.82. The molecule has 0 saturated heterocycles. The van der Waals surface area contributed by atoms with Gasteiger partial charge >= 0.3 is 0 Å². The number of hydrogen-bond acceptors (Lipinski definition) is 2. The van der Waals surface area contributed by atoms with E-state index in [-0.39, 0.29) is 0 Å². The van der Waals surface area contributed by atoms with Crippen LogP contribution in [0.2, 0.25) is 0 Å². The highest BCUT2D eigenvalue weighted by molar-refractivity contribution is 14.1. The number of nitrogens with zero attached hydrogens (tertiary/aromatic N) is 1. The first-order chi connectivity index (χ1) is 3.30. The van der Waals surface area contributed by atoms with Crippen LogP contribution in [-0.4, -0.2) is 4.98 Å². The summed E-state index contributed by atoms with van der Waals surface area (Å²) in [4.78, 5) is 5.33. The minimum Gasteiger partial charge on any atom is -0.238 e. The highest BCUT2D eigenvalue weighted by Gasteiger charge is 1.91. The van der Waals surface area contributed by atoms with Crippen LogP contribution < -0.4 is 0 Å². The van der Waals surface area contributed by atoms with Gasteiger partial charge in [0.05, 0.1) is 5.51 Å². The lowest BCUT2D eigenvalue weighted by atomic mass is 10.7. The molecule has 3 heteroatoms. The molecule has 0 fully saturated rings. The van der Waals surface area contributed by atoms with E-state index in [1.165, 1.54) is 4.88 Å². The number of thiazole rings is 1. The smallest absolute Gasteiger partial charge is 0.115 e. The Balaban J connectivity index is 3.12. The van der Waals surface area contributed by atoms with Crippen LogP contribution in [0.4, 0.5) is 0 Å². The van der Waals surface area contributed by atoms with Crippen molar-refractivity contribution < 1.29 is 0 Å². The van der Waals surface area contributed by atoms with Crippen molar-refractivity contribution in [2.24, 2.45) is 0 Å². The summed E-state index contributed by atoms with van der Waals surface area (Å²) in [6, 6.07) is 0. The van der Waals surface area contributed by atoms with Gasteiger partial charge in [-0.2, -0.15) is 0 Å². The van der Waals surface area contributed by atoms with Gasteiger partial charge in [-0.1, -0.05) is 0 Å². The molecule has 0 unspecified atom stereocenters. The van der Waals surface area contributed by atoms with Gasteiger partial charge in [0.25, 0.3) is 0 Å². The summed E-state index contributed by atoms with van der Waals surface area (Å²) < 4.78 is 1.13. The Hall–Kier alpha value is 0.360. The molecule has 0 aliphatic carbocycles. The fourth-order valence-electron chi connectivity index (χ4n) is 0.291. The van der Waals surface area contributed by atoms with E-state index in [9.17, 15) is 0 Å². The third-order valence-corrected chi connectivity index (χ3v) is 2.90. The maximum absolute atomic E-state index is 4.02. The van der Waals surface area contributed by atoms with E-state index in [4.69, 9.17) is 0 Å². The van der Waals surface area contributed by atoms with Crippen LogP contribution in [0, 0.1) is 10.6 Å². The maximum Gasteiger partial charge on any atom is 0.115 e. The Morgan fingerprint density at radius 1 is 1.86 bits per heavy atom. The predicted molar refractivity (Wildman–Crippen MR) is 39.6 cm³/mol. The van der Waals surface area contributed by atoms with Crippen molar-refractivity contribution in [3.8, 4) is 0 Å². The molecular formula is C4H4INS. The lowest BCUT2D eigenvalue weighted by Crippen LogP contribution is -1.66. The second-order valence-corrected chi connectivity index (χ2v) is 3.28. The molecule has 0 radical (unpaired) electrons. The van der Waals surface area contributed by atoms with E-state index in [1.54, 1.807) is 11.3 Å². The van der Waals surface area contributed by atoms with Gasteiger partial charge in [-0.05, 0) is 29.5 Å². The number of rotatable bonds is 0. The van der Waals surface area contributed by atoms with Gasteiger partial charge in [0.15, 0.2) is 0 Å². The zero-order valence-electron chi connectivity index (χ0n) is 3.81. The molecule has 1 aromatic heterocycles. The van der Waals surface area contributed by atoms with Crippen LogP contribution >= 0.6 is 33.9 Å². The molecule has 1 rings (SSSR count). The highest BCUT2D eigenvalue weighted by atomic mass is 127. The molecule has 0 bridgehead atoms. The third-order valence-electron chi connectivity index (χ3n) is 0.686. The first-order valence-electron chi connectivity index (χ1n) is 1.86. The second kappa shape index (κ2) is 2.09. The minimum atomic E-state index is 1.13. The Morgan fingerprint density at radius 3 is 2.71 bits per heavy atom. The molecule has 1 nitrogen and oxygen atoms in total. The fourth-order valence-corrected chi connectivity index (χ4v) is 1.47. The Bertz CT molecular complexity index is 144. The summed E-state index contributed by atoms with van der Waals surface area (Å²) in [5, 5.41) is 0. The van der Waals surface area contributed by atoms with Crippen LogP contribution in [0.15, 0.2) is 5.51 Å². The standard InChI is InChI=1S/C4H4INS/c1-3-4(5)6-2-7-3/h2H,1H3. The third kappa shape index (κ3) is 1.13. The summed E-state index contributed by atoms with van der Waals surface area (Å²) in [7, 11) is 0. The van der Waals surface area contributed by atoms with Crippen LogP contribution in [0.1, 0.15) is 4.88 Å². The van der Waals surface area contributed by atoms with Crippen LogP contribution in [0.25, 0.3) is 0 Å². The van der Waals surface area contributed by atoms with Gasteiger partial charge in [-0.3, -0.25) is 0 Å². The molecule has 1 heterocycles. The fraction of sp³-hybridized carbons (Fsp3) is 0.250. The molecule has 0 aliphatic heterocycles. The van der Waals surface area contributed by atoms with Crippen LogP contribution in [0.5, 0.6) is 0 Å². The monoisotopic (exact) mass is 225 g/mol.